The van der Waals surface area contributed by atoms with Gasteiger partial charge in [-0.2, -0.15) is 0 Å². The predicted octanol–water partition coefficient (Wildman–Crippen LogP) is -0.929. The van der Waals surface area contributed by atoms with E-state index in [0.717, 1.165) is 32.7 Å². The van der Waals surface area contributed by atoms with Crippen LogP contribution in [0.1, 0.15) is 6.42 Å². The van der Waals surface area contributed by atoms with Crippen LogP contribution in [0.15, 0.2) is 0 Å². The van der Waals surface area contributed by atoms with Gasteiger partial charge in [0.1, 0.15) is 0 Å². The highest BCUT2D eigenvalue weighted by atomic mass is 16.4. The molecule has 2 rings (SSSR count). The molecule has 2 fully saturated rings. The van der Waals surface area contributed by atoms with E-state index < -0.39 is 11.9 Å². The molecule has 0 aromatic heterocycles. The highest BCUT2D eigenvalue weighted by Crippen LogP contribution is 2.38. The van der Waals surface area contributed by atoms with E-state index >= 15 is 0 Å². The van der Waals surface area contributed by atoms with E-state index in [9.17, 15) is 9.59 Å². The highest BCUT2D eigenvalue weighted by molar-refractivity contribution is 5.89. The Balaban J connectivity index is 1.58. The molecule has 0 unspecified atom stereocenters. The van der Waals surface area contributed by atoms with E-state index in [1.165, 1.54) is 0 Å². The smallest absolute Gasteiger partial charge is 0.307 e. The standard InChI is InChI=1S/C12H21N3O3/c1-14-4-6-15(7-5-14)3-2-13-11(16)9-8-10(9)12(17)18/h9-10H,2-8H2,1H3,(H,13,16)(H,17,18)/t9-,10+/m1/s1. The fraction of sp³-hybridized carbons (Fsp3) is 0.833. The fourth-order valence-corrected chi connectivity index (χ4v) is 2.30. The second-order valence-electron chi connectivity index (χ2n) is 5.22. The summed E-state index contributed by atoms with van der Waals surface area (Å²) in [5, 5.41) is 11.6. The Morgan fingerprint density at radius 2 is 1.89 bits per heavy atom. The molecule has 1 aliphatic carbocycles. The SMILES string of the molecule is CN1CCN(CCNC(=O)[C@@H]2C[C@@H]2C(=O)O)CC1. The minimum absolute atomic E-state index is 0.100. The molecule has 0 aromatic rings. The molecule has 2 atom stereocenters. The zero-order valence-electron chi connectivity index (χ0n) is 10.8. The number of hydrogen-bond acceptors (Lipinski definition) is 4. The van der Waals surface area contributed by atoms with Crippen LogP contribution in [-0.2, 0) is 9.59 Å². The lowest BCUT2D eigenvalue weighted by atomic mass is 10.3. The molecule has 6 heteroatoms. The van der Waals surface area contributed by atoms with Crippen molar-refractivity contribution in [1.29, 1.82) is 0 Å². The largest absolute Gasteiger partial charge is 0.481 e. The number of carbonyl (C=O) groups is 2. The Labute approximate surface area is 107 Å². The van der Waals surface area contributed by atoms with E-state index in [1.807, 2.05) is 0 Å². The number of likely N-dealkylation sites (N-methyl/N-ethyl adjacent to an activating group) is 1. The van der Waals surface area contributed by atoms with E-state index in [-0.39, 0.29) is 11.8 Å². The number of hydrogen-bond donors (Lipinski definition) is 2. The summed E-state index contributed by atoms with van der Waals surface area (Å²) >= 11 is 0. The van der Waals surface area contributed by atoms with Crippen LogP contribution < -0.4 is 5.32 Å². The van der Waals surface area contributed by atoms with Gasteiger partial charge < -0.3 is 15.3 Å². The van der Waals surface area contributed by atoms with Crippen molar-refractivity contribution in [3.63, 3.8) is 0 Å². The Kier molecular flexibility index (Phi) is 4.19. The summed E-state index contributed by atoms with van der Waals surface area (Å²) in [5.74, 6) is -1.70. The van der Waals surface area contributed by atoms with Crippen LogP contribution in [0, 0.1) is 11.8 Å². The third-order valence-corrected chi connectivity index (χ3v) is 3.77. The number of carboxylic acid groups (broad SMARTS) is 1. The van der Waals surface area contributed by atoms with Crippen LogP contribution in [0.25, 0.3) is 0 Å². The topological polar surface area (TPSA) is 72.9 Å². The van der Waals surface area contributed by atoms with Gasteiger partial charge in [0, 0.05) is 39.3 Å². The van der Waals surface area contributed by atoms with Gasteiger partial charge in [-0.3, -0.25) is 14.5 Å². The quantitative estimate of drug-likeness (QED) is 0.664. The second kappa shape index (κ2) is 5.67. The number of rotatable bonds is 5. The molecule has 0 bridgehead atoms. The number of amides is 1. The number of piperazine rings is 1. The number of nitrogens with zero attached hydrogens (tertiary/aromatic N) is 2. The summed E-state index contributed by atoms with van der Waals surface area (Å²) in [6.45, 7) is 5.67. The Hall–Kier alpha value is -1.14. The monoisotopic (exact) mass is 255 g/mol. The zero-order chi connectivity index (χ0) is 13.1. The van der Waals surface area contributed by atoms with Gasteiger partial charge in [0.2, 0.25) is 5.91 Å². The molecule has 1 heterocycles. The molecule has 18 heavy (non-hydrogen) atoms. The van der Waals surface area contributed by atoms with Crippen LogP contribution in [0.4, 0.5) is 0 Å². The number of carbonyl (C=O) groups excluding carboxylic acids is 1. The van der Waals surface area contributed by atoms with E-state index in [2.05, 4.69) is 22.2 Å². The Bertz CT molecular complexity index is 327. The van der Waals surface area contributed by atoms with Gasteiger partial charge >= 0.3 is 5.97 Å². The van der Waals surface area contributed by atoms with Gasteiger partial charge in [0.05, 0.1) is 11.8 Å². The van der Waals surface area contributed by atoms with Gasteiger partial charge in [0.15, 0.2) is 0 Å². The molecule has 6 nitrogen and oxygen atoms in total. The van der Waals surface area contributed by atoms with Crippen LogP contribution in [-0.4, -0.2) is 73.1 Å². The summed E-state index contributed by atoms with van der Waals surface area (Å²) in [7, 11) is 2.11. The molecule has 1 saturated heterocycles. The first kappa shape index (κ1) is 13.3. The van der Waals surface area contributed by atoms with Crippen LogP contribution in [0.2, 0.25) is 0 Å². The number of nitrogens with one attached hydrogen (secondary N) is 1. The molecule has 2 aliphatic rings. The first-order valence-electron chi connectivity index (χ1n) is 6.49. The molecule has 0 radical (unpaired) electrons. The lowest BCUT2D eigenvalue weighted by Crippen LogP contribution is -2.47. The van der Waals surface area contributed by atoms with Gasteiger partial charge in [-0.15, -0.1) is 0 Å². The summed E-state index contributed by atoms with van der Waals surface area (Å²) in [6, 6.07) is 0. The summed E-state index contributed by atoms with van der Waals surface area (Å²) in [4.78, 5) is 26.9. The number of aliphatic carboxylic acids is 1. The van der Waals surface area contributed by atoms with E-state index in [1.54, 1.807) is 0 Å². The van der Waals surface area contributed by atoms with Gasteiger partial charge in [-0.1, -0.05) is 0 Å². The van der Waals surface area contributed by atoms with Crippen molar-refractivity contribution in [1.82, 2.24) is 15.1 Å². The minimum Gasteiger partial charge on any atom is -0.481 e. The van der Waals surface area contributed by atoms with E-state index in [4.69, 9.17) is 5.11 Å². The molecule has 0 aromatic carbocycles. The van der Waals surface area contributed by atoms with Crippen molar-refractivity contribution >= 4 is 11.9 Å². The zero-order valence-corrected chi connectivity index (χ0v) is 10.8. The molecule has 2 N–H and O–H groups in total. The van der Waals surface area contributed by atoms with Crippen molar-refractivity contribution in [2.75, 3.05) is 46.3 Å². The summed E-state index contributed by atoms with van der Waals surface area (Å²) in [5.41, 5.74) is 0. The van der Waals surface area contributed by atoms with E-state index in [0.29, 0.717) is 13.0 Å². The first-order valence-corrected chi connectivity index (χ1v) is 6.49. The first-order chi connectivity index (χ1) is 8.58. The van der Waals surface area contributed by atoms with Crippen molar-refractivity contribution < 1.29 is 14.7 Å². The van der Waals surface area contributed by atoms with Crippen LogP contribution in [0.3, 0.4) is 0 Å². The van der Waals surface area contributed by atoms with Crippen molar-refractivity contribution in [2.45, 2.75) is 6.42 Å². The van der Waals surface area contributed by atoms with Crippen molar-refractivity contribution in [2.24, 2.45) is 11.8 Å². The Morgan fingerprint density at radius 1 is 1.22 bits per heavy atom. The Morgan fingerprint density at radius 3 is 2.44 bits per heavy atom. The van der Waals surface area contributed by atoms with Gasteiger partial charge in [-0.05, 0) is 13.5 Å². The highest BCUT2D eigenvalue weighted by Gasteiger charge is 2.48. The minimum atomic E-state index is -0.853. The molecule has 1 amide bonds. The third kappa shape index (κ3) is 3.43. The van der Waals surface area contributed by atoms with Gasteiger partial charge in [0.25, 0.3) is 0 Å². The molecular weight excluding hydrogens is 234 g/mol. The van der Waals surface area contributed by atoms with Crippen LogP contribution >= 0.6 is 0 Å². The number of carboxylic acids is 1. The van der Waals surface area contributed by atoms with Crippen molar-refractivity contribution in [3.05, 3.63) is 0 Å². The fourth-order valence-electron chi connectivity index (χ4n) is 2.30. The molecule has 1 aliphatic heterocycles. The predicted molar refractivity (Wildman–Crippen MR) is 66.2 cm³/mol. The maximum Gasteiger partial charge on any atom is 0.307 e. The second-order valence-corrected chi connectivity index (χ2v) is 5.22. The van der Waals surface area contributed by atoms with Gasteiger partial charge in [-0.25, -0.2) is 0 Å². The summed E-state index contributed by atoms with van der Waals surface area (Å²) in [6.07, 6.45) is 0.496. The average Bonchev–Trinajstić information content (AvgIpc) is 3.11. The maximum absolute atomic E-state index is 11.6. The molecule has 1 saturated carbocycles. The maximum atomic E-state index is 11.6. The lowest BCUT2D eigenvalue weighted by molar-refractivity contribution is -0.140. The lowest BCUT2D eigenvalue weighted by Gasteiger charge is -2.32. The summed E-state index contributed by atoms with van der Waals surface area (Å²) < 4.78 is 0. The molecule has 102 valence electrons. The normalized spacial score (nSPS) is 28.9. The average molecular weight is 255 g/mol. The third-order valence-electron chi connectivity index (χ3n) is 3.77. The van der Waals surface area contributed by atoms with Crippen molar-refractivity contribution in [3.8, 4) is 0 Å². The van der Waals surface area contributed by atoms with Crippen LogP contribution in [0.5, 0.6) is 0 Å². The molecular formula is C12H21N3O3. The molecule has 0 spiro atoms.